The topological polar surface area (TPSA) is 67.6 Å². The van der Waals surface area contributed by atoms with E-state index in [2.05, 4.69) is 22.8 Å². The Morgan fingerprint density at radius 1 is 1.60 bits per heavy atom. The van der Waals surface area contributed by atoms with Gasteiger partial charge in [-0.2, -0.15) is 5.26 Å². The molecule has 1 atom stereocenters. The number of aryl methyl sites for hydroxylation is 1. The zero-order valence-corrected chi connectivity index (χ0v) is 12.4. The molecule has 0 fully saturated rings. The molecule has 0 saturated carbocycles. The van der Waals surface area contributed by atoms with Gasteiger partial charge in [-0.3, -0.25) is 4.57 Å². The molecule has 0 aromatic carbocycles. The molecule has 0 radical (unpaired) electrons. The van der Waals surface area contributed by atoms with E-state index in [0.29, 0.717) is 6.54 Å². The molecule has 0 bridgehead atoms. The summed E-state index contributed by atoms with van der Waals surface area (Å²) in [6, 6.07) is 4.13. The monoisotopic (exact) mass is 288 g/mol. The van der Waals surface area contributed by atoms with Crippen molar-refractivity contribution >= 4 is 11.8 Å². The van der Waals surface area contributed by atoms with Crippen LogP contribution in [-0.2, 0) is 6.54 Å². The quantitative estimate of drug-likeness (QED) is 0.601. The van der Waals surface area contributed by atoms with Gasteiger partial charge in [-0.15, -0.1) is 16.8 Å². The molecule has 104 valence electrons. The minimum absolute atomic E-state index is 0.124. The average molecular weight is 288 g/mol. The van der Waals surface area contributed by atoms with Crippen molar-refractivity contribution in [3.8, 4) is 17.5 Å². The third-order valence-corrected chi connectivity index (χ3v) is 4.13. The van der Waals surface area contributed by atoms with Crippen LogP contribution < -0.4 is 0 Å². The van der Waals surface area contributed by atoms with E-state index < -0.39 is 0 Å². The van der Waals surface area contributed by atoms with Crippen molar-refractivity contribution in [2.75, 3.05) is 0 Å². The molecule has 0 saturated heterocycles. The predicted octanol–water partition coefficient (Wildman–Crippen LogP) is 3.43. The van der Waals surface area contributed by atoms with Crippen molar-refractivity contribution in [1.82, 2.24) is 14.8 Å². The molecule has 2 aromatic heterocycles. The summed E-state index contributed by atoms with van der Waals surface area (Å²) in [6.07, 6.45) is 4.19. The number of allylic oxidation sites excluding steroid dienone is 1. The molecule has 0 aliphatic heterocycles. The molecule has 0 aliphatic rings. The first-order chi connectivity index (χ1) is 9.71. The molecule has 0 N–H and O–H groups in total. The third-order valence-electron chi connectivity index (χ3n) is 2.89. The van der Waals surface area contributed by atoms with Crippen molar-refractivity contribution in [2.24, 2.45) is 0 Å². The molecule has 6 heteroatoms. The Morgan fingerprint density at radius 2 is 2.40 bits per heavy atom. The van der Waals surface area contributed by atoms with E-state index in [9.17, 15) is 0 Å². The van der Waals surface area contributed by atoms with Crippen LogP contribution in [0.1, 0.15) is 19.1 Å². The second-order valence-corrected chi connectivity index (χ2v) is 5.41. The van der Waals surface area contributed by atoms with E-state index in [1.165, 1.54) is 11.8 Å². The van der Waals surface area contributed by atoms with Gasteiger partial charge in [-0.25, -0.2) is 0 Å². The SMILES string of the molecule is C=CCn1c(SC(C#N)CC)nnc1-c1ccoc1C. The van der Waals surface area contributed by atoms with Gasteiger partial charge in [-0.1, -0.05) is 24.8 Å². The molecule has 0 spiro atoms. The van der Waals surface area contributed by atoms with E-state index >= 15 is 0 Å². The maximum Gasteiger partial charge on any atom is 0.193 e. The molecular weight excluding hydrogens is 272 g/mol. The van der Waals surface area contributed by atoms with Crippen molar-refractivity contribution in [3.05, 3.63) is 30.7 Å². The third kappa shape index (κ3) is 2.78. The average Bonchev–Trinajstić information content (AvgIpc) is 3.03. The van der Waals surface area contributed by atoms with Crippen LogP contribution in [0.25, 0.3) is 11.4 Å². The number of furan rings is 1. The van der Waals surface area contributed by atoms with E-state index in [1.54, 1.807) is 12.3 Å². The zero-order valence-electron chi connectivity index (χ0n) is 11.5. The maximum atomic E-state index is 9.08. The number of hydrogen-bond acceptors (Lipinski definition) is 5. The normalized spacial score (nSPS) is 12.1. The molecule has 0 amide bonds. The molecule has 2 heterocycles. The van der Waals surface area contributed by atoms with Crippen molar-refractivity contribution < 1.29 is 4.42 Å². The highest BCUT2D eigenvalue weighted by Crippen LogP contribution is 2.29. The van der Waals surface area contributed by atoms with Crippen LogP contribution in [0, 0.1) is 18.3 Å². The van der Waals surface area contributed by atoms with Gasteiger partial charge in [0.05, 0.1) is 23.1 Å². The molecule has 1 unspecified atom stereocenters. The highest BCUT2D eigenvalue weighted by atomic mass is 32.2. The first-order valence-corrected chi connectivity index (χ1v) is 7.24. The van der Waals surface area contributed by atoms with Crippen molar-refractivity contribution in [3.63, 3.8) is 0 Å². The summed E-state index contributed by atoms with van der Waals surface area (Å²) in [6.45, 7) is 8.23. The van der Waals surface area contributed by atoms with E-state index in [4.69, 9.17) is 9.68 Å². The fraction of sp³-hybridized carbons (Fsp3) is 0.357. The van der Waals surface area contributed by atoms with Crippen LogP contribution in [0.4, 0.5) is 0 Å². The van der Waals surface area contributed by atoms with E-state index in [0.717, 1.165) is 28.7 Å². The van der Waals surface area contributed by atoms with Gasteiger partial charge in [0.15, 0.2) is 11.0 Å². The number of aromatic nitrogens is 3. The summed E-state index contributed by atoms with van der Waals surface area (Å²) in [4.78, 5) is 0. The lowest BCUT2D eigenvalue weighted by Crippen LogP contribution is -2.04. The lowest BCUT2D eigenvalue weighted by atomic mass is 10.2. The smallest absolute Gasteiger partial charge is 0.193 e. The largest absolute Gasteiger partial charge is 0.469 e. The second kappa shape index (κ2) is 6.44. The Bertz CT molecular complexity index is 638. The van der Waals surface area contributed by atoms with Gasteiger partial charge >= 0.3 is 0 Å². The summed E-state index contributed by atoms with van der Waals surface area (Å²) in [5.41, 5.74) is 0.913. The Labute approximate surface area is 122 Å². The summed E-state index contributed by atoms with van der Waals surface area (Å²) in [7, 11) is 0. The van der Waals surface area contributed by atoms with Gasteiger partial charge < -0.3 is 4.42 Å². The molecule has 2 aromatic rings. The summed E-state index contributed by atoms with van der Waals surface area (Å²) in [5, 5.41) is 18.1. The zero-order chi connectivity index (χ0) is 14.5. The van der Waals surface area contributed by atoms with Gasteiger partial charge in [-0.05, 0) is 19.4 Å². The summed E-state index contributed by atoms with van der Waals surface area (Å²) < 4.78 is 7.27. The van der Waals surface area contributed by atoms with Gasteiger partial charge in [0, 0.05) is 6.54 Å². The molecule has 5 nitrogen and oxygen atoms in total. The Kier molecular flexibility index (Phi) is 4.64. The first kappa shape index (κ1) is 14.4. The molecule has 20 heavy (non-hydrogen) atoms. The Hall–Kier alpha value is -2.00. The van der Waals surface area contributed by atoms with Gasteiger partial charge in [0.1, 0.15) is 5.76 Å². The maximum absolute atomic E-state index is 9.08. The summed E-state index contributed by atoms with van der Waals surface area (Å²) >= 11 is 1.43. The highest BCUT2D eigenvalue weighted by molar-refractivity contribution is 8.00. The van der Waals surface area contributed by atoms with Crippen LogP contribution in [0.2, 0.25) is 0 Å². The molecular formula is C14H16N4OS. The Morgan fingerprint density at radius 3 is 2.95 bits per heavy atom. The van der Waals surface area contributed by atoms with Crippen LogP contribution in [0.15, 0.2) is 34.6 Å². The number of hydrogen-bond donors (Lipinski definition) is 0. The fourth-order valence-corrected chi connectivity index (χ4v) is 2.66. The van der Waals surface area contributed by atoms with Crippen LogP contribution in [0.3, 0.4) is 0 Å². The van der Waals surface area contributed by atoms with Crippen molar-refractivity contribution in [1.29, 1.82) is 5.26 Å². The number of nitrogens with zero attached hydrogens (tertiary/aromatic N) is 4. The minimum Gasteiger partial charge on any atom is -0.469 e. The van der Waals surface area contributed by atoms with Crippen LogP contribution in [-0.4, -0.2) is 20.0 Å². The summed E-state index contributed by atoms with van der Waals surface area (Å²) in [5.74, 6) is 1.54. The number of nitriles is 1. The standard InChI is InChI=1S/C14H16N4OS/c1-4-7-18-13(12-6-8-19-10(12)3)16-17-14(18)20-11(5-2)9-15/h4,6,8,11H,1,5,7H2,2-3H3. The highest BCUT2D eigenvalue weighted by Gasteiger charge is 2.19. The first-order valence-electron chi connectivity index (χ1n) is 6.36. The van der Waals surface area contributed by atoms with Crippen LogP contribution in [0.5, 0.6) is 0 Å². The van der Waals surface area contributed by atoms with Crippen molar-refractivity contribution in [2.45, 2.75) is 37.2 Å². The predicted molar refractivity (Wildman–Crippen MR) is 78.2 cm³/mol. The lowest BCUT2D eigenvalue weighted by molar-refractivity contribution is 0.534. The van der Waals surface area contributed by atoms with E-state index in [1.807, 2.05) is 24.5 Å². The van der Waals surface area contributed by atoms with Gasteiger partial charge in [0.2, 0.25) is 0 Å². The number of thioether (sulfide) groups is 1. The minimum atomic E-state index is -0.124. The van der Waals surface area contributed by atoms with Gasteiger partial charge in [0.25, 0.3) is 0 Å². The lowest BCUT2D eigenvalue weighted by Gasteiger charge is -2.08. The Balaban J connectivity index is 2.40. The fourth-order valence-electron chi connectivity index (χ4n) is 1.81. The van der Waals surface area contributed by atoms with Crippen LogP contribution >= 0.6 is 11.8 Å². The molecule has 2 rings (SSSR count). The second-order valence-electron chi connectivity index (χ2n) is 4.24. The molecule has 0 aliphatic carbocycles. The number of rotatable bonds is 6. The van der Waals surface area contributed by atoms with E-state index in [-0.39, 0.29) is 5.25 Å².